The highest BCUT2D eigenvalue weighted by Gasteiger charge is 2.14. The number of nitrogens with one attached hydrogen (secondary N) is 1. The van der Waals surface area contributed by atoms with Crippen molar-refractivity contribution in [1.29, 1.82) is 5.26 Å². The SMILES string of the molecule is N#CN=C(N)NOP(=O)(O)O. The first kappa shape index (κ1) is 9.87. The summed E-state index contributed by atoms with van der Waals surface area (Å²) in [4.78, 5) is 19.0. The van der Waals surface area contributed by atoms with Gasteiger partial charge in [-0.1, -0.05) is 0 Å². The largest absolute Gasteiger partial charge is 0.491 e. The molecule has 0 aliphatic carbocycles. The van der Waals surface area contributed by atoms with Crippen molar-refractivity contribution in [3.05, 3.63) is 0 Å². The Bertz CT molecular complexity index is 237. The van der Waals surface area contributed by atoms with Gasteiger partial charge < -0.3 is 15.5 Å². The molecule has 0 fully saturated rings. The Morgan fingerprint density at radius 1 is 1.82 bits per heavy atom. The molecule has 0 rings (SSSR count). The average Bonchev–Trinajstić information content (AvgIpc) is 1.83. The molecule has 0 amide bonds. The zero-order chi connectivity index (χ0) is 8.91. The van der Waals surface area contributed by atoms with Crippen molar-refractivity contribution < 1.29 is 19.0 Å². The maximum atomic E-state index is 9.96. The van der Waals surface area contributed by atoms with Crippen LogP contribution >= 0.6 is 7.82 Å². The number of phosphoric acid groups is 1. The summed E-state index contributed by atoms with van der Waals surface area (Å²) in [5, 5.41) is 7.86. The molecule has 0 aromatic carbocycles. The molecule has 0 saturated heterocycles. The Kier molecular flexibility index (Phi) is 3.50. The highest BCUT2D eigenvalue weighted by molar-refractivity contribution is 7.46. The molecule has 9 heteroatoms. The summed E-state index contributed by atoms with van der Waals surface area (Å²) >= 11 is 0. The monoisotopic (exact) mass is 180 g/mol. The van der Waals surface area contributed by atoms with Gasteiger partial charge in [-0.05, 0) is 0 Å². The van der Waals surface area contributed by atoms with Crippen LogP contribution in [0.2, 0.25) is 0 Å². The van der Waals surface area contributed by atoms with Gasteiger partial charge in [0.15, 0.2) is 0 Å². The lowest BCUT2D eigenvalue weighted by Gasteiger charge is -2.03. The Balaban J connectivity index is 3.84. The first-order chi connectivity index (χ1) is 4.95. The van der Waals surface area contributed by atoms with Crippen molar-refractivity contribution in [2.75, 3.05) is 0 Å². The van der Waals surface area contributed by atoms with E-state index < -0.39 is 13.8 Å². The van der Waals surface area contributed by atoms with Crippen LogP contribution in [0.5, 0.6) is 0 Å². The number of aliphatic imine (C=N–C) groups is 1. The maximum absolute atomic E-state index is 9.96. The summed E-state index contributed by atoms with van der Waals surface area (Å²) in [7, 11) is -4.62. The first-order valence-corrected chi connectivity index (χ1v) is 3.71. The van der Waals surface area contributed by atoms with Crippen LogP contribution in [-0.4, -0.2) is 15.7 Å². The first-order valence-electron chi connectivity index (χ1n) is 2.18. The predicted octanol–water partition coefficient (Wildman–Crippen LogP) is -1.60. The fourth-order valence-electron chi connectivity index (χ4n) is 0.183. The number of guanidine groups is 1. The molecule has 0 radical (unpaired) electrons. The molecule has 0 aromatic heterocycles. The number of nitrogens with zero attached hydrogens (tertiary/aromatic N) is 2. The van der Waals surface area contributed by atoms with Crippen LogP contribution in [0.4, 0.5) is 0 Å². The molecule has 0 spiro atoms. The highest BCUT2D eigenvalue weighted by Crippen LogP contribution is 2.33. The van der Waals surface area contributed by atoms with Gasteiger partial charge in [0.1, 0.15) is 0 Å². The summed E-state index contributed by atoms with van der Waals surface area (Å²) in [6, 6.07) is 0. The van der Waals surface area contributed by atoms with E-state index in [1.54, 1.807) is 5.48 Å². The number of hydrogen-bond acceptors (Lipinski definition) is 4. The molecule has 62 valence electrons. The van der Waals surface area contributed by atoms with Crippen LogP contribution in [0.1, 0.15) is 0 Å². The molecule has 0 heterocycles. The molecular weight excluding hydrogens is 175 g/mol. The standard InChI is InChI=1S/C2H5N4O4P/c3-1-5-2(4)6-10-11(7,8)9/h(H3,4,5,6)(H2,7,8,9). The lowest BCUT2D eigenvalue weighted by molar-refractivity contribution is 0.163. The molecule has 0 aliphatic rings. The minimum atomic E-state index is -4.62. The van der Waals surface area contributed by atoms with E-state index >= 15 is 0 Å². The summed E-state index contributed by atoms with van der Waals surface area (Å²) < 4.78 is 13.6. The van der Waals surface area contributed by atoms with Gasteiger partial charge in [-0.2, -0.15) is 9.89 Å². The van der Waals surface area contributed by atoms with E-state index in [9.17, 15) is 4.57 Å². The molecule has 0 unspecified atom stereocenters. The summed E-state index contributed by atoms with van der Waals surface area (Å²) in [5.41, 5.74) is 6.41. The minimum Gasteiger partial charge on any atom is -0.367 e. The van der Waals surface area contributed by atoms with E-state index in [2.05, 4.69) is 9.62 Å². The zero-order valence-corrected chi connectivity index (χ0v) is 6.02. The number of hydroxylamine groups is 1. The van der Waals surface area contributed by atoms with E-state index in [1.807, 2.05) is 0 Å². The van der Waals surface area contributed by atoms with E-state index in [0.29, 0.717) is 0 Å². The predicted molar refractivity (Wildman–Crippen MR) is 33.5 cm³/mol. The van der Waals surface area contributed by atoms with Crippen molar-refractivity contribution >= 4 is 13.8 Å². The quantitative estimate of drug-likeness (QED) is 0.132. The summed E-state index contributed by atoms with van der Waals surface area (Å²) in [5.74, 6) is -0.532. The summed E-state index contributed by atoms with van der Waals surface area (Å²) in [6.07, 6.45) is 1.27. The van der Waals surface area contributed by atoms with Crippen molar-refractivity contribution in [2.45, 2.75) is 0 Å². The van der Waals surface area contributed by atoms with Crippen molar-refractivity contribution in [1.82, 2.24) is 5.48 Å². The van der Waals surface area contributed by atoms with Crippen molar-refractivity contribution in [3.8, 4) is 6.19 Å². The lowest BCUT2D eigenvalue weighted by atomic mass is 11.0. The summed E-state index contributed by atoms with van der Waals surface area (Å²) in [6.45, 7) is 0. The number of nitrogens with two attached hydrogens (primary N) is 1. The van der Waals surface area contributed by atoms with E-state index in [1.165, 1.54) is 6.19 Å². The van der Waals surface area contributed by atoms with E-state index in [0.717, 1.165) is 0 Å². The topological polar surface area (TPSA) is 141 Å². The number of hydrogen-bond donors (Lipinski definition) is 4. The lowest BCUT2D eigenvalue weighted by Crippen LogP contribution is -2.30. The van der Waals surface area contributed by atoms with Crippen LogP contribution in [0.25, 0.3) is 0 Å². The van der Waals surface area contributed by atoms with Gasteiger partial charge in [0.2, 0.25) is 12.2 Å². The third kappa shape index (κ3) is 6.76. The second-order valence-corrected chi connectivity index (χ2v) is 2.44. The molecule has 5 N–H and O–H groups in total. The molecule has 0 aromatic rings. The van der Waals surface area contributed by atoms with Crippen LogP contribution in [0, 0.1) is 11.5 Å². The van der Waals surface area contributed by atoms with Gasteiger partial charge >= 0.3 is 7.82 Å². The Morgan fingerprint density at radius 3 is 2.73 bits per heavy atom. The van der Waals surface area contributed by atoms with Crippen LogP contribution < -0.4 is 11.2 Å². The molecule has 11 heavy (non-hydrogen) atoms. The number of rotatable bonds is 2. The smallest absolute Gasteiger partial charge is 0.367 e. The zero-order valence-electron chi connectivity index (χ0n) is 5.13. The van der Waals surface area contributed by atoms with Gasteiger partial charge in [-0.15, -0.1) is 4.99 Å². The van der Waals surface area contributed by atoms with Gasteiger partial charge in [-0.25, -0.2) is 10.0 Å². The van der Waals surface area contributed by atoms with E-state index in [4.69, 9.17) is 20.8 Å². The van der Waals surface area contributed by atoms with Gasteiger partial charge in [0.05, 0.1) is 0 Å². The van der Waals surface area contributed by atoms with Crippen molar-refractivity contribution in [3.63, 3.8) is 0 Å². The fourth-order valence-corrected chi connectivity index (χ4v) is 0.395. The van der Waals surface area contributed by atoms with Crippen LogP contribution in [0.3, 0.4) is 0 Å². The van der Waals surface area contributed by atoms with Gasteiger partial charge in [0.25, 0.3) is 0 Å². The molecule has 0 aliphatic heterocycles. The number of nitriles is 1. The Labute approximate surface area is 61.5 Å². The fraction of sp³-hybridized carbons (Fsp3) is 0. The normalized spacial score (nSPS) is 12.3. The molecule has 0 atom stereocenters. The second kappa shape index (κ2) is 3.90. The highest BCUT2D eigenvalue weighted by atomic mass is 31.2. The van der Waals surface area contributed by atoms with E-state index in [-0.39, 0.29) is 0 Å². The van der Waals surface area contributed by atoms with Crippen molar-refractivity contribution in [2.24, 2.45) is 10.7 Å². The molecule has 8 nitrogen and oxygen atoms in total. The van der Waals surface area contributed by atoms with Gasteiger partial charge in [0, 0.05) is 0 Å². The maximum Gasteiger partial charge on any atom is 0.491 e. The molecule has 0 saturated carbocycles. The second-order valence-electron chi connectivity index (χ2n) is 1.28. The molecule has 0 bridgehead atoms. The third-order valence-electron chi connectivity index (χ3n) is 0.440. The van der Waals surface area contributed by atoms with Crippen LogP contribution in [-0.2, 0) is 9.19 Å². The third-order valence-corrected chi connectivity index (χ3v) is 0.769. The average molecular weight is 180 g/mol. The van der Waals surface area contributed by atoms with Gasteiger partial charge in [-0.3, -0.25) is 0 Å². The minimum absolute atomic E-state index is 0.532. The Morgan fingerprint density at radius 2 is 2.36 bits per heavy atom. The Hall–Kier alpha value is -1.13. The van der Waals surface area contributed by atoms with Crippen LogP contribution in [0.15, 0.2) is 4.99 Å². The molecular formula is C2H5N4O4P.